The molecule has 0 bridgehead atoms. The summed E-state index contributed by atoms with van der Waals surface area (Å²) in [5.41, 5.74) is 4.39. The second kappa shape index (κ2) is 6.76. The number of hydrogen-bond acceptors (Lipinski definition) is 3. The lowest BCUT2D eigenvalue weighted by atomic mass is 10.0. The summed E-state index contributed by atoms with van der Waals surface area (Å²) in [5.74, 6) is -0.293. The van der Waals surface area contributed by atoms with Crippen molar-refractivity contribution >= 4 is 28.4 Å². The van der Waals surface area contributed by atoms with Crippen molar-refractivity contribution in [3.05, 3.63) is 63.6 Å². The molecule has 6 nitrogen and oxygen atoms in total. The number of H-pyrrole nitrogens is 2. The van der Waals surface area contributed by atoms with Crippen molar-refractivity contribution in [2.75, 3.05) is 5.32 Å². The number of ketones is 1. The van der Waals surface area contributed by atoms with Gasteiger partial charge >= 0.3 is 5.69 Å². The van der Waals surface area contributed by atoms with E-state index in [9.17, 15) is 14.4 Å². The van der Waals surface area contributed by atoms with Gasteiger partial charge in [-0.15, -0.1) is 0 Å². The molecule has 0 aliphatic rings. The molecular formula is C19H19N3O3. The molecule has 3 rings (SSSR count). The Kier molecular flexibility index (Phi) is 4.52. The molecule has 2 aromatic carbocycles. The Labute approximate surface area is 144 Å². The number of rotatable bonds is 5. The normalized spacial score (nSPS) is 10.8. The quantitative estimate of drug-likeness (QED) is 0.624. The van der Waals surface area contributed by atoms with Crippen LogP contribution in [0, 0.1) is 13.8 Å². The van der Waals surface area contributed by atoms with Crippen LogP contribution in [0.5, 0.6) is 0 Å². The fourth-order valence-electron chi connectivity index (χ4n) is 2.62. The zero-order valence-corrected chi connectivity index (χ0v) is 14.1. The zero-order valence-electron chi connectivity index (χ0n) is 14.1. The number of fused-ring (bicyclic) bond motifs is 1. The maximum absolute atomic E-state index is 12.2. The summed E-state index contributed by atoms with van der Waals surface area (Å²) in [7, 11) is 0. The number of carbonyl (C=O) groups excluding carboxylic acids is 2. The van der Waals surface area contributed by atoms with Crippen molar-refractivity contribution in [1.82, 2.24) is 9.97 Å². The average Bonchev–Trinajstić information content (AvgIpc) is 2.94. The van der Waals surface area contributed by atoms with Gasteiger partial charge in [-0.2, -0.15) is 0 Å². The molecule has 0 unspecified atom stereocenters. The number of aryl methyl sites for hydroxylation is 2. The van der Waals surface area contributed by atoms with E-state index in [2.05, 4.69) is 15.3 Å². The van der Waals surface area contributed by atoms with E-state index in [1.807, 2.05) is 26.0 Å². The van der Waals surface area contributed by atoms with Crippen LogP contribution in [0.15, 0.2) is 41.2 Å². The van der Waals surface area contributed by atoms with Gasteiger partial charge in [-0.3, -0.25) is 9.59 Å². The fourth-order valence-corrected chi connectivity index (χ4v) is 2.62. The molecule has 0 aliphatic heterocycles. The van der Waals surface area contributed by atoms with Crippen LogP contribution >= 0.6 is 0 Å². The van der Waals surface area contributed by atoms with E-state index < -0.39 is 0 Å². The van der Waals surface area contributed by atoms with E-state index in [1.165, 1.54) is 0 Å². The van der Waals surface area contributed by atoms with E-state index in [1.54, 1.807) is 24.3 Å². The van der Waals surface area contributed by atoms with Gasteiger partial charge in [0.05, 0.1) is 11.0 Å². The number of Topliss-reactive ketones (excluding diaryl/α,β-unsaturated/α-hetero) is 1. The number of aromatic amines is 2. The summed E-state index contributed by atoms with van der Waals surface area (Å²) < 4.78 is 0. The first kappa shape index (κ1) is 16.7. The predicted octanol–water partition coefficient (Wildman–Crippen LogP) is 3.07. The highest BCUT2D eigenvalue weighted by molar-refractivity contribution is 6.00. The van der Waals surface area contributed by atoms with E-state index in [-0.39, 0.29) is 30.2 Å². The third-order valence-electron chi connectivity index (χ3n) is 4.21. The standard InChI is InChI=1S/C19H19N3O3/c1-11-3-4-13(9-12(11)2)17(23)7-8-18(24)20-14-5-6-15-16(10-14)22-19(25)21-15/h3-6,9-10H,7-8H2,1-2H3,(H,20,24)(H2,21,22,25). The van der Waals surface area contributed by atoms with Gasteiger partial charge < -0.3 is 15.3 Å². The van der Waals surface area contributed by atoms with Gasteiger partial charge in [0, 0.05) is 24.1 Å². The Balaban J connectivity index is 1.60. The average molecular weight is 337 g/mol. The topological polar surface area (TPSA) is 94.8 Å². The van der Waals surface area contributed by atoms with Gasteiger partial charge in [0.1, 0.15) is 0 Å². The molecule has 0 aliphatic carbocycles. The summed E-state index contributed by atoms with van der Waals surface area (Å²) in [6.45, 7) is 3.95. The molecule has 25 heavy (non-hydrogen) atoms. The summed E-state index contributed by atoms with van der Waals surface area (Å²) in [6, 6.07) is 10.6. The number of amides is 1. The van der Waals surface area contributed by atoms with Gasteiger partial charge in [0.25, 0.3) is 0 Å². The minimum absolute atomic E-state index is 0.0522. The van der Waals surface area contributed by atoms with Gasteiger partial charge in [0.15, 0.2) is 5.78 Å². The summed E-state index contributed by atoms with van der Waals surface area (Å²) in [4.78, 5) is 40.8. The number of nitrogens with one attached hydrogen (secondary N) is 3. The molecule has 0 radical (unpaired) electrons. The summed E-state index contributed by atoms with van der Waals surface area (Å²) >= 11 is 0. The van der Waals surface area contributed by atoms with Crippen molar-refractivity contribution < 1.29 is 9.59 Å². The summed E-state index contributed by atoms with van der Waals surface area (Å²) in [6.07, 6.45) is 0.255. The molecule has 1 aromatic heterocycles. The predicted molar refractivity (Wildman–Crippen MR) is 97.0 cm³/mol. The second-order valence-corrected chi connectivity index (χ2v) is 6.11. The van der Waals surface area contributed by atoms with Crippen LogP contribution in [0.4, 0.5) is 5.69 Å². The highest BCUT2D eigenvalue weighted by atomic mass is 16.2. The molecule has 128 valence electrons. The lowest BCUT2D eigenvalue weighted by Crippen LogP contribution is -2.13. The SMILES string of the molecule is Cc1ccc(C(=O)CCC(=O)Nc2ccc3[nH]c(=O)[nH]c3c2)cc1C. The number of aromatic nitrogens is 2. The molecule has 0 fully saturated rings. The monoisotopic (exact) mass is 337 g/mol. The molecule has 0 atom stereocenters. The first-order valence-corrected chi connectivity index (χ1v) is 8.05. The Morgan fingerprint density at radius 1 is 0.920 bits per heavy atom. The van der Waals surface area contributed by atoms with Crippen LogP contribution in [0.1, 0.15) is 34.3 Å². The minimum Gasteiger partial charge on any atom is -0.326 e. The van der Waals surface area contributed by atoms with Crippen LogP contribution in [0.25, 0.3) is 11.0 Å². The van der Waals surface area contributed by atoms with Crippen LogP contribution in [0.3, 0.4) is 0 Å². The number of hydrogen-bond donors (Lipinski definition) is 3. The van der Waals surface area contributed by atoms with Crippen LogP contribution in [0.2, 0.25) is 0 Å². The molecule has 1 amide bonds. The lowest BCUT2D eigenvalue weighted by molar-refractivity contribution is -0.116. The van der Waals surface area contributed by atoms with E-state index in [4.69, 9.17) is 0 Å². The largest absolute Gasteiger partial charge is 0.326 e. The third kappa shape index (κ3) is 3.85. The summed E-state index contributed by atoms with van der Waals surface area (Å²) in [5, 5.41) is 2.74. The van der Waals surface area contributed by atoms with E-state index in [0.717, 1.165) is 11.1 Å². The molecule has 3 aromatic rings. The Bertz CT molecular complexity index is 1010. The first-order chi connectivity index (χ1) is 11.9. The lowest BCUT2D eigenvalue weighted by Gasteiger charge is -2.06. The maximum atomic E-state index is 12.2. The molecular weight excluding hydrogens is 318 g/mol. The second-order valence-electron chi connectivity index (χ2n) is 6.11. The Morgan fingerprint density at radius 3 is 2.44 bits per heavy atom. The van der Waals surface area contributed by atoms with Gasteiger partial charge in [-0.25, -0.2) is 4.79 Å². The van der Waals surface area contributed by atoms with Gasteiger partial charge in [0.2, 0.25) is 5.91 Å². The van der Waals surface area contributed by atoms with Crippen LogP contribution < -0.4 is 11.0 Å². The Morgan fingerprint density at radius 2 is 1.68 bits per heavy atom. The molecule has 0 saturated carbocycles. The zero-order chi connectivity index (χ0) is 18.0. The molecule has 6 heteroatoms. The van der Waals surface area contributed by atoms with Crippen molar-refractivity contribution in [1.29, 1.82) is 0 Å². The van der Waals surface area contributed by atoms with Crippen molar-refractivity contribution in [2.24, 2.45) is 0 Å². The van der Waals surface area contributed by atoms with E-state index >= 15 is 0 Å². The van der Waals surface area contributed by atoms with E-state index in [0.29, 0.717) is 22.3 Å². The van der Waals surface area contributed by atoms with Crippen LogP contribution in [-0.2, 0) is 4.79 Å². The number of imidazole rings is 1. The highest BCUT2D eigenvalue weighted by Crippen LogP contribution is 2.16. The number of carbonyl (C=O) groups is 2. The number of anilines is 1. The molecule has 0 spiro atoms. The van der Waals surface area contributed by atoms with Gasteiger partial charge in [-0.1, -0.05) is 12.1 Å². The number of benzene rings is 2. The van der Waals surface area contributed by atoms with Gasteiger partial charge in [-0.05, 0) is 49.2 Å². The molecule has 3 N–H and O–H groups in total. The fraction of sp³-hybridized carbons (Fsp3) is 0.211. The highest BCUT2D eigenvalue weighted by Gasteiger charge is 2.11. The van der Waals surface area contributed by atoms with Crippen molar-refractivity contribution in [2.45, 2.75) is 26.7 Å². The van der Waals surface area contributed by atoms with Crippen molar-refractivity contribution in [3.63, 3.8) is 0 Å². The van der Waals surface area contributed by atoms with Crippen molar-refractivity contribution in [3.8, 4) is 0 Å². The molecule has 0 saturated heterocycles. The Hall–Kier alpha value is -3.15. The third-order valence-corrected chi connectivity index (χ3v) is 4.21. The van der Waals surface area contributed by atoms with Crippen LogP contribution in [-0.4, -0.2) is 21.7 Å². The minimum atomic E-state index is -0.294. The smallest absolute Gasteiger partial charge is 0.323 e. The first-order valence-electron chi connectivity index (χ1n) is 8.05. The maximum Gasteiger partial charge on any atom is 0.323 e. The molecule has 1 heterocycles.